The smallest absolute Gasteiger partial charge is 0.309 e. The summed E-state index contributed by atoms with van der Waals surface area (Å²) in [4.78, 5) is 11.7. The molecule has 0 spiro atoms. The molecule has 19 heavy (non-hydrogen) atoms. The van der Waals surface area contributed by atoms with Gasteiger partial charge in [0, 0.05) is 12.3 Å². The van der Waals surface area contributed by atoms with Gasteiger partial charge in [-0.1, -0.05) is 19.1 Å². The van der Waals surface area contributed by atoms with Gasteiger partial charge in [-0.15, -0.1) is 0 Å². The second-order valence-corrected chi connectivity index (χ2v) is 5.45. The zero-order chi connectivity index (χ0) is 13.8. The number of aliphatic hydroxyl groups excluding tert-OH is 2. The van der Waals surface area contributed by atoms with Crippen molar-refractivity contribution in [3.8, 4) is 0 Å². The van der Waals surface area contributed by atoms with Crippen molar-refractivity contribution in [1.29, 1.82) is 0 Å². The maximum absolute atomic E-state index is 11.7. The zero-order valence-electron chi connectivity index (χ0n) is 11.3. The van der Waals surface area contributed by atoms with E-state index in [0.717, 1.165) is 30.4 Å². The average Bonchev–Trinajstić information content (AvgIpc) is 2.68. The number of rotatable bonds is 2. The molecule has 1 saturated heterocycles. The number of hydrogen-bond acceptors (Lipinski definition) is 4. The Morgan fingerprint density at radius 2 is 2.00 bits per heavy atom. The summed E-state index contributed by atoms with van der Waals surface area (Å²) in [6.07, 6.45) is 6.90. The maximum Gasteiger partial charge on any atom is 0.309 e. The van der Waals surface area contributed by atoms with E-state index in [1.54, 1.807) is 0 Å². The minimum atomic E-state index is -0.148. The van der Waals surface area contributed by atoms with Crippen LogP contribution >= 0.6 is 0 Å². The Balaban J connectivity index is 2.22. The molecule has 1 aliphatic carbocycles. The van der Waals surface area contributed by atoms with Crippen LogP contribution in [0.2, 0.25) is 0 Å². The van der Waals surface area contributed by atoms with E-state index >= 15 is 0 Å². The molecule has 1 aliphatic heterocycles. The fourth-order valence-corrected chi connectivity index (χ4v) is 2.87. The minimum Gasteiger partial charge on any atom is -0.461 e. The van der Waals surface area contributed by atoms with Crippen molar-refractivity contribution in [3.05, 3.63) is 23.3 Å². The van der Waals surface area contributed by atoms with Crippen molar-refractivity contribution in [2.75, 3.05) is 13.2 Å². The summed E-state index contributed by atoms with van der Waals surface area (Å²) < 4.78 is 5.43. The minimum absolute atomic E-state index is 0.00727. The van der Waals surface area contributed by atoms with Crippen molar-refractivity contribution in [1.82, 2.24) is 0 Å². The van der Waals surface area contributed by atoms with Crippen molar-refractivity contribution in [3.63, 3.8) is 0 Å². The number of fused-ring (bicyclic) bond motifs is 1. The van der Waals surface area contributed by atoms with Crippen LogP contribution < -0.4 is 0 Å². The third-order valence-corrected chi connectivity index (χ3v) is 4.21. The van der Waals surface area contributed by atoms with E-state index in [4.69, 9.17) is 4.74 Å². The number of esters is 1. The Bertz CT molecular complexity index is 397. The second kappa shape index (κ2) is 6.35. The summed E-state index contributed by atoms with van der Waals surface area (Å²) in [5.41, 5.74) is 1.93. The highest BCUT2D eigenvalue weighted by Gasteiger charge is 2.41. The molecule has 0 bridgehead atoms. The van der Waals surface area contributed by atoms with Crippen LogP contribution in [0.5, 0.6) is 0 Å². The molecule has 0 saturated carbocycles. The fraction of sp³-hybridized carbons (Fsp3) is 0.667. The van der Waals surface area contributed by atoms with E-state index in [1.807, 2.05) is 19.1 Å². The molecule has 2 aliphatic rings. The Morgan fingerprint density at radius 3 is 2.68 bits per heavy atom. The van der Waals surface area contributed by atoms with Crippen LogP contribution in [0, 0.1) is 11.8 Å². The quantitative estimate of drug-likeness (QED) is 0.588. The zero-order valence-corrected chi connectivity index (χ0v) is 11.3. The van der Waals surface area contributed by atoms with E-state index < -0.39 is 0 Å². The predicted molar refractivity (Wildman–Crippen MR) is 71.3 cm³/mol. The van der Waals surface area contributed by atoms with Gasteiger partial charge < -0.3 is 14.9 Å². The van der Waals surface area contributed by atoms with Crippen molar-refractivity contribution in [2.45, 2.75) is 38.7 Å². The van der Waals surface area contributed by atoms with Crippen LogP contribution in [0.3, 0.4) is 0 Å². The van der Waals surface area contributed by atoms with E-state index in [2.05, 4.69) is 0 Å². The molecule has 0 aromatic rings. The Kier molecular flexibility index (Phi) is 4.77. The Hall–Kier alpha value is -1.13. The molecule has 0 aromatic carbocycles. The summed E-state index contributed by atoms with van der Waals surface area (Å²) in [6, 6.07) is 0. The number of ether oxygens (including phenoxy) is 1. The molecule has 1 fully saturated rings. The highest BCUT2D eigenvalue weighted by Crippen LogP contribution is 2.35. The molecule has 0 amide bonds. The Morgan fingerprint density at radius 1 is 1.26 bits per heavy atom. The van der Waals surface area contributed by atoms with Gasteiger partial charge in [0.15, 0.2) is 0 Å². The average molecular weight is 266 g/mol. The number of carbonyl (C=O) groups is 1. The highest BCUT2D eigenvalue weighted by molar-refractivity contribution is 5.74. The van der Waals surface area contributed by atoms with Gasteiger partial charge in [-0.05, 0) is 30.4 Å². The molecular weight excluding hydrogens is 244 g/mol. The van der Waals surface area contributed by atoms with Crippen LogP contribution in [-0.4, -0.2) is 35.5 Å². The summed E-state index contributed by atoms with van der Waals surface area (Å²) in [5.74, 6) is -0.117. The molecule has 3 atom stereocenters. The topological polar surface area (TPSA) is 66.8 Å². The molecule has 0 radical (unpaired) electrons. The van der Waals surface area contributed by atoms with Crippen molar-refractivity contribution in [2.24, 2.45) is 11.8 Å². The molecule has 2 rings (SSSR count). The standard InChI is InChI=1S/C15H22O4/c1-10-13-6-5-11(8-16)3-2-4-12(9-17)7-14(13)19-15(10)18/h4-5,10,13-14,16-17H,2-3,6-9H2,1H3. The SMILES string of the molecule is CC1C(=O)OC2CC(CO)=CCCC(CO)=CCC21. The van der Waals surface area contributed by atoms with Gasteiger partial charge in [0.2, 0.25) is 0 Å². The molecule has 3 unspecified atom stereocenters. The van der Waals surface area contributed by atoms with Crippen LogP contribution in [0.1, 0.15) is 32.6 Å². The molecule has 1 heterocycles. The van der Waals surface area contributed by atoms with Crippen molar-refractivity contribution >= 4 is 5.97 Å². The lowest BCUT2D eigenvalue weighted by atomic mass is 9.84. The lowest BCUT2D eigenvalue weighted by Gasteiger charge is -2.20. The van der Waals surface area contributed by atoms with Crippen LogP contribution in [0.25, 0.3) is 0 Å². The number of allylic oxidation sites excluding steroid dienone is 2. The van der Waals surface area contributed by atoms with Crippen molar-refractivity contribution < 1.29 is 19.7 Å². The van der Waals surface area contributed by atoms with E-state index in [1.165, 1.54) is 0 Å². The van der Waals surface area contributed by atoms with Gasteiger partial charge in [-0.2, -0.15) is 0 Å². The largest absolute Gasteiger partial charge is 0.461 e. The summed E-state index contributed by atoms with van der Waals surface area (Å²) in [5, 5.41) is 18.7. The molecule has 4 nitrogen and oxygen atoms in total. The second-order valence-electron chi connectivity index (χ2n) is 5.45. The first-order valence-electron chi connectivity index (χ1n) is 6.93. The first-order valence-corrected chi connectivity index (χ1v) is 6.93. The van der Waals surface area contributed by atoms with Gasteiger partial charge in [-0.3, -0.25) is 4.79 Å². The van der Waals surface area contributed by atoms with Gasteiger partial charge in [0.1, 0.15) is 6.10 Å². The summed E-state index contributed by atoms with van der Waals surface area (Å²) in [7, 11) is 0. The number of aliphatic hydroxyl groups is 2. The third-order valence-electron chi connectivity index (χ3n) is 4.21. The maximum atomic E-state index is 11.7. The van der Waals surface area contributed by atoms with Crippen LogP contribution in [0.15, 0.2) is 23.3 Å². The van der Waals surface area contributed by atoms with Crippen LogP contribution in [-0.2, 0) is 9.53 Å². The van der Waals surface area contributed by atoms with E-state index in [0.29, 0.717) is 6.42 Å². The van der Waals surface area contributed by atoms with E-state index in [9.17, 15) is 15.0 Å². The molecule has 4 heteroatoms. The summed E-state index contributed by atoms with van der Waals surface area (Å²) in [6.45, 7) is 1.96. The lowest BCUT2D eigenvalue weighted by Crippen LogP contribution is -2.21. The molecule has 2 N–H and O–H groups in total. The first-order chi connectivity index (χ1) is 9.15. The predicted octanol–water partition coefficient (Wildman–Crippen LogP) is 1.58. The number of hydrogen-bond donors (Lipinski definition) is 2. The monoisotopic (exact) mass is 266 g/mol. The molecular formula is C15H22O4. The molecule has 106 valence electrons. The normalized spacial score (nSPS) is 32.2. The van der Waals surface area contributed by atoms with E-state index in [-0.39, 0.29) is 37.1 Å². The first kappa shape index (κ1) is 14.3. The highest BCUT2D eigenvalue weighted by atomic mass is 16.6. The third kappa shape index (κ3) is 3.25. The van der Waals surface area contributed by atoms with Gasteiger partial charge in [0.25, 0.3) is 0 Å². The molecule has 0 aromatic heterocycles. The van der Waals surface area contributed by atoms with Crippen LogP contribution in [0.4, 0.5) is 0 Å². The van der Waals surface area contributed by atoms with Gasteiger partial charge in [0.05, 0.1) is 19.1 Å². The van der Waals surface area contributed by atoms with Gasteiger partial charge in [-0.25, -0.2) is 0 Å². The number of carbonyl (C=O) groups excluding carboxylic acids is 1. The lowest BCUT2D eigenvalue weighted by molar-refractivity contribution is -0.143. The summed E-state index contributed by atoms with van der Waals surface area (Å²) >= 11 is 0. The Labute approximate surface area is 113 Å². The van der Waals surface area contributed by atoms with Gasteiger partial charge >= 0.3 is 5.97 Å². The fourth-order valence-electron chi connectivity index (χ4n) is 2.87.